The molecule has 0 aromatic carbocycles. The molecule has 0 aromatic rings. The van der Waals surface area contributed by atoms with Crippen molar-refractivity contribution in [2.75, 3.05) is 25.6 Å². The molecule has 6 unspecified atom stereocenters. The van der Waals surface area contributed by atoms with E-state index in [1.54, 1.807) is 13.1 Å². The molecule has 3 amide bonds. The molecule has 2 fully saturated rings. The zero-order valence-electron chi connectivity index (χ0n) is 21.0. The van der Waals surface area contributed by atoms with Crippen molar-refractivity contribution in [1.82, 2.24) is 4.90 Å². The van der Waals surface area contributed by atoms with Gasteiger partial charge in [0, 0.05) is 18.1 Å². The molecule has 9 nitrogen and oxygen atoms in total. The molecule has 0 radical (unpaired) electrons. The Morgan fingerprint density at radius 3 is 2.68 bits per heavy atom. The fraction of sp³-hybridized carbons (Fsp3) is 0.783. The molecule has 0 aromatic heterocycles. The van der Waals surface area contributed by atoms with Crippen LogP contribution in [0.1, 0.15) is 60.8 Å². The van der Waals surface area contributed by atoms with E-state index in [1.165, 1.54) is 16.7 Å². The van der Waals surface area contributed by atoms with Crippen LogP contribution in [0.2, 0.25) is 0 Å². The number of fused-ring (bicyclic) bond motifs is 1. The zero-order valence-corrected chi connectivity index (χ0v) is 22.8. The molecule has 2 bridgehead atoms. The predicted octanol–water partition coefficient (Wildman–Crippen LogP) is 4.18. The SMILES string of the molecule is CCCC1OC([N+]23C=C(C)C(=O)N(C2=O)C3C)CC1OPOCCOCCSC(=O)C(C)(C)C. The number of ether oxygens (including phenoxy) is 2. The van der Waals surface area contributed by atoms with Gasteiger partial charge in [-0.1, -0.05) is 45.9 Å². The highest BCUT2D eigenvalue weighted by Crippen LogP contribution is 2.46. The number of nitrogens with zero attached hydrogens (tertiary/aromatic N) is 2. The van der Waals surface area contributed by atoms with E-state index in [1.807, 2.05) is 27.7 Å². The molecular weight excluding hydrogens is 479 g/mol. The van der Waals surface area contributed by atoms with Crippen LogP contribution in [-0.2, 0) is 28.1 Å². The van der Waals surface area contributed by atoms with Crippen LogP contribution in [0.3, 0.4) is 0 Å². The number of hydrogen-bond acceptors (Lipinski definition) is 8. The molecule has 4 aliphatic heterocycles. The molecule has 4 rings (SSSR count). The molecule has 4 heterocycles. The third-order valence-corrected chi connectivity index (χ3v) is 8.35. The van der Waals surface area contributed by atoms with Crippen molar-refractivity contribution in [3.05, 3.63) is 11.8 Å². The Bertz CT molecular complexity index is 818. The van der Waals surface area contributed by atoms with Crippen molar-refractivity contribution in [1.29, 1.82) is 0 Å². The van der Waals surface area contributed by atoms with E-state index in [2.05, 4.69) is 6.92 Å². The van der Waals surface area contributed by atoms with Gasteiger partial charge < -0.3 is 18.5 Å². The molecule has 2 saturated heterocycles. The summed E-state index contributed by atoms with van der Waals surface area (Å²) in [7, 11) is -0.154. The maximum Gasteiger partial charge on any atom is 0.439 e. The molecular formula is C23H38N2O7PS+. The second kappa shape index (κ2) is 11.5. The highest BCUT2D eigenvalue weighted by Gasteiger charge is 2.70. The number of amides is 3. The lowest BCUT2D eigenvalue weighted by Crippen LogP contribution is -2.82. The summed E-state index contributed by atoms with van der Waals surface area (Å²) < 4.78 is 23.5. The topological polar surface area (TPSA) is 91.4 Å². The van der Waals surface area contributed by atoms with Gasteiger partial charge in [0.2, 0.25) is 6.23 Å². The van der Waals surface area contributed by atoms with Crippen molar-refractivity contribution in [2.24, 2.45) is 5.41 Å². The minimum absolute atomic E-state index is 0.0329. The maximum absolute atomic E-state index is 12.8. The molecule has 4 aliphatic rings. The summed E-state index contributed by atoms with van der Waals surface area (Å²) in [5, 5.41) is 0.162. The number of urea groups is 1. The fourth-order valence-corrected chi connectivity index (χ4v) is 5.88. The quantitative estimate of drug-likeness (QED) is 0.216. The van der Waals surface area contributed by atoms with Gasteiger partial charge in [0.15, 0.2) is 20.3 Å². The van der Waals surface area contributed by atoms with E-state index in [4.69, 9.17) is 18.5 Å². The molecule has 11 heteroatoms. The first-order valence-electron chi connectivity index (χ1n) is 11.9. The van der Waals surface area contributed by atoms with E-state index >= 15 is 0 Å². The number of hydrogen-bond donors (Lipinski definition) is 0. The Morgan fingerprint density at radius 2 is 2.03 bits per heavy atom. The molecule has 192 valence electrons. The molecule has 0 spiro atoms. The third-order valence-electron chi connectivity index (χ3n) is 6.38. The van der Waals surface area contributed by atoms with Gasteiger partial charge in [-0.3, -0.25) is 9.59 Å². The minimum Gasteiger partial charge on any atom is -0.378 e. The average molecular weight is 518 g/mol. The number of rotatable bonds is 12. The van der Waals surface area contributed by atoms with E-state index in [0.717, 1.165) is 12.8 Å². The van der Waals surface area contributed by atoms with Gasteiger partial charge in [-0.25, -0.2) is 4.79 Å². The highest BCUT2D eigenvalue weighted by molar-refractivity contribution is 8.13. The number of imide groups is 1. The lowest BCUT2D eigenvalue weighted by Gasteiger charge is -2.55. The van der Waals surface area contributed by atoms with Crippen LogP contribution in [-0.4, -0.2) is 76.6 Å². The van der Waals surface area contributed by atoms with Gasteiger partial charge in [-0.05, 0) is 13.3 Å². The monoisotopic (exact) mass is 517 g/mol. The standard InChI is InChI=1S/C23H38N2O7PS/c1-7-8-17-18(32-33-30-10-9-29-11-12-34-21(27)23(4,5)6)13-19(31-17)25-14-15(2)20(26)24(16(25)3)22(25)28/h14,16-19,33H,7-13H2,1-6H3/q+1. The normalized spacial score (nSPS) is 31.4. The lowest BCUT2D eigenvalue weighted by atomic mass is 10.00. The van der Waals surface area contributed by atoms with Crippen LogP contribution in [0.5, 0.6) is 0 Å². The zero-order chi connectivity index (χ0) is 25.1. The van der Waals surface area contributed by atoms with Crippen LogP contribution in [0, 0.1) is 5.41 Å². The Morgan fingerprint density at radius 1 is 1.29 bits per heavy atom. The Hall–Kier alpha value is -0.870. The molecule has 0 saturated carbocycles. The van der Waals surface area contributed by atoms with E-state index in [-0.39, 0.29) is 60.6 Å². The predicted molar refractivity (Wildman–Crippen MR) is 131 cm³/mol. The molecule has 0 aliphatic carbocycles. The van der Waals surface area contributed by atoms with Gasteiger partial charge >= 0.3 is 6.03 Å². The van der Waals surface area contributed by atoms with Crippen LogP contribution < -0.4 is 0 Å². The lowest BCUT2D eigenvalue weighted by molar-refractivity contribution is -0.922. The van der Waals surface area contributed by atoms with E-state index < -0.39 is 0 Å². The average Bonchev–Trinajstić information content (AvgIpc) is 3.17. The van der Waals surface area contributed by atoms with Crippen LogP contribution >= 0.6 is 20.8 Å². The van der Waals surface area contributed by atoms with Crippen molar-refractivity contribution < 1.29 is 37.4 Å². The number of thioether (sulfide) groups is 1. The summed E-state index contributed by atoms with van der Waals surface area (Å²) in [6, 6.07) is -0.220. The van der Waals surface area contributed by atoms with Gasteiger partial charge in [0.25, 0.3) is 5.91 Å². The first kappa shape index (κ1) is 27.7. The first-order chi connectivity index (χ1) is 16.0. The smallest absolute Gasteiger partial charge is 0.378 e. The van der Waals surface area contributed by atoms with Crippen molar-refractivity contribution >= 4 is 37.9 Å². The Labute approximate surface area is 208 Å². The summed E-state index contributed by atoms with van der Waals surface area (Å²) in [6.45, 7) is 12.8. The number of quaternary nitrogens is 1. The summed E-state index contributed by atoms with van der Waals surface area (Å²) >= 11 is 1.30. The maximum atomic E-state index is 12.8. The number of carbonyl (C=O) groups is 3. The summed E-state index contributed by atoms with van der Waals surface area (Å²) in [5.41, 5.74) is 0.236. The summed E-state index contributed by atoms with van der Waals surface area (Å²) in [6.07, 6.45) is 3.17. The van der Waals surface area contributed by atoms with E-state index in [0.29, 0.717) is 37.6 Å². The fourth-order valence-electron chi connectivity index (χ4n) is 4.46. The van der Waals surface area contributed by atoms with Crippen molar-refractivity contribution in [3.63, 3.8) is 0 Å². The van der Waals surface area contributed by atoms with Crippen molar-refractivity contribution in [3.8, 4) is 0 Å². The van der Waals surface area contributed by atoms with Gasteiger partial charge in [0.1, 0.15) is 6.20 Å². The van der Waals surface area contributed by atoms with Crippen molar-refractivity contribution in [2.45, 2.75) is 85.4 Å². The minimum atomic E-state index is -0.371. The molecule has 6 atom stereocenters. The van der Waals surface area contributed by atoms with Gasteiger partial charge in [-0.2, -0.15) is 9.38 Å². The second-order valence-corrected chi connectivity index (χ2v) is 11.7. The summed E-state index contributed by atoms with van der Waals surface area (Å²) in [5.74, 6) is 0.410. The van der Waals surface area contributed by atoms with Crippen LogP contribution in [0.4, 0.5) is 4.79 Å². The van der Waals surface area contributed by atoms with Gasteiger partial charge in [-0.15, -0.1) is 0 Å². The summed E-state index contributed by atoms with van der Waals surface area (Å²) in [4.78, 5) is 38.3. The molecule has 34 heavy (non-hydrogen) atoms. The third kappa shape index (κ3) is 5.59. The van der Waals surface area contributed by atoms with Gasteiger partial charge in [0.05, 0.1) is 44.0 Å². The van der Waals surface area contributed by atoms with Crippen LogP contribution in [0.25, 0.3) is 0 Å². The largest absolute Gasteiger partial charge is 0.439 e. The van der Waals surface area contributed by atoms with Crippen LogP contribution in [0.15, 0.2) is 11.8 Å². The highest BCUT2D eigenvalue weighted by atomic mass is 32.2. The first-order valence-corrected chi connectivity index (χ1v) is 13.7. The Kier molecular flexibility index (Phi) is 9.34. The molecule has 0 N–H and O–H groups in total. The second-order valence-electron chi connectivity index (χ2n) is 9.98. The Balaban J connectivity index is 1.40. The van der Waals surface area contributed by atoms with E-state index in [9.17, 15) is 14.4 Å². The number of carbonyl (C=O) groups excluding carboxylic acids is 3.